The average molecular weight is 499 g/mol. The Morgan fingerprint density at radius 3 is 2.61 bits per heavy atom. The number of aromatic nitrogens is 2. The summed E-state index contributed by atoms with van der Waals surface area (Å²) in [4.78, 5) is 18.1. The first kappa shape index (κ1) is 18.9. The summed E-state index contributed by atoms with van der Waals surface area (Å²) in [6, 6.07) is 21.1. The van der Waals surface area contributed by atoms with Gasteiger partial charge in [0.1, 0.15) is 5.82 Å². The number of hydrogen-bond acceptors (Lipinski definition) is 2. The molecule has 28 heavy (non-hydrogen) atoms. The molecule has 0 atom stereocenters. The number of aryl methyl sites for hydroxylation is 1. The zero-order valence-corrected chi connectivity index (χ0v) is 18.0. The molecule has 0 aliphatic rings. The monoisotopic (exact) mass is 498 g/mol. The Balaban J connectivity index is 1.98. The van der Waals surface area contributed by atoms with Gasteiger partial charge in [0, 0.05) is 3.57 Å². The van der Waals surface area contributed by atoms with Gasteiger partial charge in [0.25, 0.3) is 5.56 Å². The first-order chi connectivity index (χ1) is 13.5. The molecule has 0 saturated heterocycles. The maximum atomic E-state index is 13.3. The number of nitrogens with zero attached hydrogens (tertiary/aromatic N) is 2. The summed E-state index contributed by atoms with van der Waals surface area (Å²) in [5, 5.41) is 1.07. The van der Waals surface area contributed by atoms with Crippen molar-refractivity contribution in [3.63, 3.8) is 0 Å². The summed E-state index contributed by atoms with van der Waals surface area (Å²) in [5.41, 5.74) is 3.36. The van der Waals surface area contributed by atoms with E-state index < -0.39 is 0 Å². The van der Waals surface area contributed by atoms with Crippen molar-refractivity contribution in [2.75, 3.05) is 0 Å². The lowest BCUT2D eigenvalue weighted by atomic mass is 10.1. The third-order valence-electron chi connectivity index (χ3n) is 4.42. The summed E-state index contributed by atoms with van der Waals surface area (Å²) in [7, 11) is 0. The molecule has 0 unspecified atom stereocenters. The van der Waals surface area contributed by atoms with Gasteiger partial charge in [-0.3, -0.25) is 9.36 Å². The second kappa shape index (κ2) is 7.89. The lowest BCUT2D eigenvalue weighted by Gasteiger charge is -2.13. The lowest BCUT2D eigenvalue weighted by molar-refractivity contribution is 0.944. The number of fused-ring (bicyclic) bond motifs is 1. The van der Waals surface area contributed by atoms with E-state index in [9.17, 15) is 4.79 Å². The molecule has 4 aromatic rings. The Morgan fingerprint density at radius 2 is 1.82 bits per heavy atom. The molecule has 3 nitrogen and oxygen atoms in total. The number of hydrogen-bond donors (Lipinski definition) is 0. The molecule has 0 N–H and O–H groups in total. The highest BCUT2D eigenvalue weighted by Gasteiger charge is 2.13. The zero-order chi connectivity index (χ0) is 19.7. The van der Waals surface area contributed by atoms with E-state index in [0.717, 1.165) is 9.13 Å². The van der Waals surface area contributed by atoms with Crippen molar-refractivity contribution in [1.29, 1.82) is 0 Å². The normalized spacial score (nSPS) is 11.4. The van der Waals surface area contributed by atoms with Gasteiger partial charge in [-0.05, 0) is 71.5 Å². The van der Waals surface area contributed by atoms with Crippen molar-refractivity contribution in [1.82, 2.24) is 9.55 Å². The van der Waals surface area contributed by atoms with E-state index in [2.05, 4.69) is 28.7 Å². The molecule has 0 aliphatic heterocycles. The first-order valence-electron chi connectivity index (χ1n) is 8.75. The van der Waals surface area contributed by atoms with E-state index in [1.54, 1.807) is 10.6 Å². The fraction of sp³-hybridized carbons (Fsp3) is 0.0435. The third kappa shape index (κ3) is 3.75. The largest absolute Gasteiger partial charge is 0.268 e. The van der Waals surface area contributed by atoms with Crippen LogP contribution in [-0.2, 0) is 0 Å². The molecule has 5 heteroatoms. The van der Waals surface area contributed by atoms with Gasteiger partial charge in [0.2, 0.25) is 0 Å². The molecule has 4 rings (SSSR count). The zero-order valence-electron chi connectivity index (χ0n) is 15.1. The van der Waals surface area contributed by atoms with Crippen LogP contribution in [0.2, 0.25) is 5.02 Å². The van der Waals surface area contributed by atoms with Crippen LogP contribution in [0.15, 0.2) is 71.5 Å². The van der Waals surface area contributed by atoms with E-state index in [1.807, 2.05) is 73.7 Å². The maximum absolute atomic E-state index is 13.3. The Labute approximate surface area is 181 Å². The highest BCUT2D eigenvalue weighted by atomic mass is 127. The van der Waals surface area contributed by atoms with Gasteiger partial charge in [-0.2, -0.15) is 0 Å². The number of halogens is 2. The molecule has 1 heterocycles. The third-order valence-corrected chi connectivity index (χ3v) is 5.41. The Kier molecular flexibility index (Phi) is 5.33. The minimum absolute atomic E-state index is 0.138. The predicted molar refractivity (Wildman–Crippen MR) is 125 cm³/mol. The minimum Gasteiger partial charge on any atom is -0.268 e. The van der Waals surface area contributed by atoms with Gasteiger partial charge >= 0.3 is 0 Å². The molecule has 0 aliphatic carbocycles. The standard InChI is InChI=1S/C23H16ClIN2O/c1-15-5-4-6-16(13-15)9-12-22-26-20-11-10-17(25)14-18(20)23(28)27(22)21-8-3-2-7-19(21)24/h2-14H,1H3. The number of benzene rings is 3. The van der Waals surface area contributed by atoms with Crippen molar-refractivity contribution in [2.45, 2.75) is 6.92 Å². The summed E-state index contributed by atoms with van der Waals surface area (Å²) >= 11 is 8.61. The quantitative estimate of drug-likeness (QED) is 0.319. The van der Waals surface area contributed by atoms with Gasteiger partial charge in [-0.1, -0.05) is 59.6 Å². The van der Waals surface area contributed by atoms with Crippen LogP contribution in [0.5, 0.6) is 0 Å². The fourth-order valence-electron chi connectivity index (χ4n) is 3.10. The average Bonchev–Trinajstić information content (AvgIpc) is 2.68. The number of para-hydroxylation sites is 1. The molecule has 0 spiro atoms. The van der Waals surface area contributed by atoms with E-state index in [1.165, 1.54) is 5.56 Å². The van der Waals surface area contributed by atoms with Gasteiger partial charge < -0.3 is 0 Å². The van der Waals surface area contributed by atoms with Crippen LogP contribution >= 0.6 is 34.2 Å². The van der Waals surface area contributed by atoms with Crippen molar-refractivity contribution in [3.05, 3.63) is 103 Å². The Hall–Kier alpha value is -2.44. The Morgan fingerprint density at radius 1 is 1.00 bits per heavy atom. The highest BCUT2D eigenvalue weighted by molar-refractivity contribution is 14.1. The van der Waals surface area contributed by atoms with Crippen LogP contribution in [0, 0.1) is 10.5 Å². The van der Waals surface area contributed by atoms with E-state index in [4.69, 9.17) is 16.6 Å². The maximum Gasteiger partial charge on any atom is 0.266 e. The van der Waals surface area contributed by atoms with Crippen LogP contribution in [0.3, 0.4) is 0 Å². The van der Waals surface area contributed by atoms with Gasteiger partial charge in [-0.25, -0.2) is 4.98 Å². The summed E-state index contributed by atoms with van der Waals surface area (Å²) < 4.78 is 2.56. The van der Waals surface area contributed by atoms with Crippen LogP contribution in [0.25, 0.3) is 28.7 Å². The molecule has 0 bridgehead atoms. The van der Waals surface area contributed by atoms with E-state index in [-0.39, 0.29) is 5.56 Å². The van der Waals surface area contributed by atoms with Gasteiger partial charge in [0.15, 0.2) is 0 Å². The predicted octanol–water partition coefficient (Wildman–Crippen LogP) is 6.12. The lowest BCUT2D eigenvalue weighted by Crippen LogP contribution is -2.22. The van der Waals surface area contributed by atoms with Crippen molar-refractivity contribution >= 4 is 57.2 Å². The summed E-state index contributed by atoms with van der Waals surface area (Å²) in [5.74, 6) is 0.535. The highest BCUT2D eigenvalue weighted by Crippen LogP contribution is 2.22. The topological polar surface area (TPSA) is 34.9 Å². The molecule has 1 aromatic heterocycles. The van der Waals surface area contributed by atoms with Crippen molar-refractivity contribution in [2.24, 2.45) is 0 Å². The molecular weight excluding hydrogens is 483 g/mol. The van der Waals surface area contributed by atoms with E-state index in [0.29, 0.717) is 27.4 Å². The second-order valence-corrected chi connectivity index (χ2v) is 8.12. The summed E-state index contributed by atoms with van der Waals surface area (Å²) in [6.07, 6.45) is 3.82. The molecule has 0 radical (unpaired) electrons. The smallest absolute Gasteiger partial charge is 0.266 e. The van der Waals surface area contributed by atoms with Crippen LogP contribution in [0.1, 0.15) is 17.0 Å². The molecule has 0 fully saturated rings. The molecule has 138 valence electrons. The van der Waals surface area contributed by atoms with Crippen LogP contribution in [-0.4, -0.2) is 9.55 Å². The SMILES string of the molecule is Cc1cccc(C=Cc2nc3ccc(I)cc3c(=O)n2-c2ccccc2Cl)c1. The molecule has 0 amide bonds. The van der Waals surface area contributed by atoms with E-state index >= 15 is 0 Å². The number of rotatable bonds is 3. The molecular formula is C23H16ClIN2O. The molecule has 0 saturated carbocycles. The van der Waals surface area contributed by atoms with Gasteiger partial charge in [-0.15, -0.1) is 0 Å². The fourth-order valence-corrected chi connectivity index (χ4v) is 3.81. The van der Waals surface area contributed by atoms with Gasteiger partial charge in [0.05, 0.1) is 21.6 Å². The van der Waals surface area contributed by atoms with Crippen molar-refractivity contribution < 1.29 is 0 Å². The molecule has 3 aromatic carbocycles. The first-order valence-corrected chi connectivity index (χ1v) is 10.2. The summed E-state index contributed by atoms with van der Waals surface area (Å²) in [6.45, 7) is 2.05. The van der Waals surface area contributed by atoms with Crippen LogP contribution in [0.4, 0.5) is 0 Å². The van der Waals surface area contributed by atoms with Crippen molar-refractivity contribution in [3.8, 4) is 5.69 Å². The Bertz CT molecular complexity index is 1280. The second-order valence-electron chi connectivity index (χ2n) is 6.47. The van der Waals surface area contributed by atoms with Crippen LogP contribution < -0.4 is 5.56 Å². The minimum atomic E-state index is -0.138.